The van der Waals surface area contributed by atoms with Crippen LogP contribution in [0.1, 0.15) is 10.5 Å². The minimum absolute atomic E-state index is 0.189. The topological polar surface area (TPSA) is 103 Å². The molecule has 0 aliphatic rings. The molecule has 21 heavy (non-hydrogen) atoms. The Bertz CT molecular complexity index is 755. The van der Waals surface area contributed by atoms with Crippen molar-refractivity contribution in [3.8, 4) is 17.0 Å². The third-order valence-corrected chi connectivity index (χ3v) is 2.60. The molecular weight excluding hydrogens is 274 g/mol. The summed E-state index contributed by atoms with van der Waals surface area (Å²) in [4.78, 5) is 25.2. The maximum atomic E-state index is 10.7. The molecule has 2 aromatic heterocycles. The first-order valence-electron chi connectivity index (χ1n) is 5.93. The number of hydrogen-bond donors (Lipinski definition) is 1. The largest absolute Gasteiger partial charge is 0.476 e. The Morgan fingerprint density at radius 2 is 2.00 bits per heavy atom. The van der Waals surface area contributed by atoms with E-state index >= 15 is 0 Å². The molecule has 0 fully saturated rings. The van der Waals surface area contributed by atoms with E-state index in [0.29, 0.717) is 5.75 Å². The molecule has 0 aliphatic heterocycles. The van der Waals surface area contributed by atoms with Gasteiger partial charge in [-0.25, -0.2) is 4.79 Å². The molecule has 0 spiro atoms. The smallest absolute Gasteiger partial charge is 0.358 e. The number of carboxylic acid groups (broad SMARTS) is 1. The zero-order chi connectivity index (χ0) is 14.7. The van der Waals surface area contributed by atoms with Crippen LogP contribution in [0.3, 0.4) is 0 Å². The van der Waals surface area contributed by atoms with E-state index in [1.807, 2.05) is 12.1 Å². The maximum absolute atomic E-state index is 10.7. The van der Waals surface area contributed by atoms with Gasteiger partial charge in [0.2, 0.25) is 0 Å². The van der Waals surface area contributed by atoms with Crippen molar-refractivity contribution in [1.29, 1.82) is 0 Å². The van der Waals surface area contributed by atoms with Gasteiger partial charge in [-0.05, 0) is 29.5 Å². The SMILES string of the molecule is O=C(O)c1cn(Oc2ccc(-c3cnccn3)cc2)nn1. The van der Waals surface area contributed by atoms with Crippen molar-refractivity contribution >= 4 is 5.97 Å². The summed E-state index contributed by atoms with van der Waals surface area (Å²) < 4.78 is 0. The fourth-order valence-corrected chi connectivity index (χ4v) is 1.63. The van der Waals surface area contributed by atoms with E-state index in [2.05, 4.69) is 20.3 Å². The van der Waals surface area contributed by atoms with Gasteiger partial charge in [0.05, 0.1) is 11.9 Å². The van der Waals surface area contributed by atoms with Gasteiger partial charge < -0.3 is 9.94 Å². The molecule has 0 radical (unpaired) electrons. The Morgan fingerprint density at radius 1 is 1.19 bits per heavy atom. The summed E-state index contributed by atoms with van der Waals surface area (Å²) in [7, 11) is 0. The number of carbonyl (C=O) groups is 1. The molecule has 3 rings (SSSR count). The first kappa shape index (κ1) is 12.7. The molecule has 8 nitrogen and oxygen atoms in total. The minimum Gasteiger partial charge on any atom is -0.476 e. The Morgan fingerprint density at radius 3 is 2.62 bits per heavy atom. The number of aromatic carboxylic acids is 1. The van der Waals surface area contributed by atoms with E-state index in [4.69, 9.17) is 9.94 Å². The van der Waals surface area contributed by atoms with Gasteiger partial charge in [0.25, 0.3) is 0 Å². The molecular formula is C13H9N5O3. The van der Waals surface area contributed by atoms with E-state index in [0.717, 1.165) is 16.1 Å². The van der Waals surface area contributed by atoms with Crippen molar-refractivity contribution in [2.75, 3.05) is 0 Å². The summed E-state index contributed by atoms with van der Waals surface area (Å²) in [5.74, 6) is -0.674. The Kier molecular flexibility index (Phi) is 3.26. The van der Waals surface area contributed by atoms with Gasteiger partial charge >= 0.3 is 5.97 Å². The lowest BCUT2D eigenvalue weighted by Gasteiger charge is -2.04. The fourth-order valence-electron chi connectivity index (χ4n) is 1.63. The highest BCUT2D eigenvalue weighted by atomic mass is 16.7. The van der Waals surface area contributed by atoms with Gasteiger partial charge in [-0.3, -0.25) is 9.97 Å². The van der Waals surface area contributed by atoms with Crippen LogP contribution in [0.25, 0.3) is 11.3 Å². The number of hydrogen-bond acceptors (Lipinski definition) is 6. The number of rotatable bonds is 4. The molecule has 0 amide bonds. The average Bonchev–Trinajstić information content (AvgIpc) is 2.98. The molecule has 3 aromatic rings. The van der Waals surface area contributed by atoms with Gasteiger partial charge in [-0.1, -0.05) is 4.85 Å². The lowest BCUT2D eigenvalue weighted by molar-refractivity contribution is 0.0690. The summed E-state index contributed by atoms with van der Waals surface area (Å²) in [6.45, 7) is 0. The van der Waals surface area contributed by atoms with Gasteiger partial charge in [-0.15, -0.1) is 5.10 Å². The minimum atomic E-state index is -1.16. The molecule has 8 heteroatoms. The zero-order valence-corrected chi connectivity index (χ0v) is 10.6. The van der Waals surface area contributed by atoms with Crippen LogP contribution in [0.5, 0.6) is 5.75 Å². The molecule has 0 aliphatic carbocycles. The van der Waals surface area contributed by atoms with Gasteiger partial charge in [0.1, 0.15) is 6.20 Å². The zero-order valence-electron chi connectivity index (χ0n) is 10.6. The Hall–Kier alpha value is -3.29. The van der Waals surface area contributed by atoms with Crippen LogP contribution in [0.4, 0.5) is 0 Å². The van der Waals surface area contributed by atoms with Gasteiger partial charge in [0, 0.05) is 18.0 Å². The van der Waals surface area contributed by atoms with E-state index in [1.165, 1.54) is 6.20 Å². The predicted molar refractivity (Wildman–Crippen MR) is 70.5 cm³/mol. The van der Waals surface area contributed by atoms with E-state index < -0.39 is 5.97 Å². The molecule has 0 saturated carbocycles. The predicted octanol–water partition coefficient (Wildman–Crippen LogP) is 1.28. The summed E-state index contributed by atoms with van der Waals surface area (Å²) in [5, 5.41) is 15.7. The molecule has 1 aromatic carbocycles. The van der Waals surface area contributed by atoms with Crippen LogP contribution in [0.2, 0.25) is 0 Å². The third-order valence-electron chi connectivity index (χ3n) is 2.60. The Balaban J connectivity index is 1.76. The van der Waals surface area contributed by atoms with Gasteiger partial charge in [-0.2, -0.15) is 0 Å². The number of aromatic nitrogens is 5. The number of carboxylic acids is 1. The molecule has 0 atom stereocenters. The van der Waals surface area contributed by atoms with E-state index in [9.17, 15) is 4.79 Å². The first-order valence-corrected chi connectivity index (χ1v) is 5.93. The first-order chi connectivity index (χ1) is 10.2. The van der Waals surface area contributed by atoms with Crippen molar-refractivity contribution in [2.24, 2.45) is 0 Å². The maximum Gasteiger partial charge on any atom is 0.358 e. The normalized spacial score (nSPS) is 10.3. The molecule has 104 valence electrons. The standard InChI is InChI=1S/C13H9N5O3/c19-13(20)12-8-18(17-16-12)21-10-3-1-9(2-4-10)11-7-14-5-6-15-11/h1-8H,(H,19,20). The quantitative estimate of drug-likeness (QED) is 0.769. The molecule has 2 heterocycles. The van der Waals surface area contributed by atoms with Gasteiger partial charge in [0.15, 0.2) is 11.4 Å². The summed E-state index contributed by atoms with van der Waals surface area (Å²) in [5.41, 5.74) is 1.45. The van der Waals surface area contributed by atoms with Crippen molar-refractivity contribution in [3.63, 3.8) is 0 Å². The summed E-state index contributed by atoms with van der Waals surface area (Å²) in [6.07, 6.45) is 6.06. The molecule has 0 saturated heterocycles. The van der Waals surface area contributed by atoms with Crippen LogP contribution in [-0.4, -0.2) is 36.2 Å². The van der Waals surface area contributed by atoms with Crippen LogP contribution in [0.15, 0.2) is 49.1 Å². The summed E-state index contributed by atoms with van der Waals surface area (Å²) >= 11 is 0. The second kappa shape index (κ2) is 5.37. The average molecular weight is 283 g/mol. The van der Waals surface area contributed by atoms with Crippen molar-refractivity contribution < 1.29 is 14.7 Å². The second-order valence-corrected chi connectivity index (χ2v) is 4.02. The third kappa shape index (κ3) is 2.84. The van der Waals surface area contributed by atoms with E-state index in [-0.39, 0.29) is 5.69 Å². The van der Waals surface area contributed by atoms with Crippen LogP contribution in [-0.2, 0) is 0 Å². The van der Waals surface area contributed by atoms with Crippen LogP contribution >= 0.6 is 0 Å². The fraction of sp³-hybridized carbons (Fsp3) is 0. The highest BCUT2D eigenvalue weighted by Gasteiger charge is 2.09. The second-order valence-electron chi connectivity index (χ2n) is 4.02. The number of nitrogens with zero attached hydrogens (tertiary/aromatic N) is 5. The molecule has 0 bridgehead atoms. The van der Waals surface area contributed by atoms with Crippen LogP contribution in [0, 0.1) is 0 Å². The Labute approximate surface area is 118 Å². The molecule has 1 N–H and O–H groups in total. The van der Waals surface area contributed by atoms with Crippen molar-refractivity contribution in [2.45, 2.75) is 0 Å². The molecule has 0 unspecified atom stereocenters. The van der Waals surface area contributed by atoms with Crippen LogP contribution < -0.4 is 4.84 Å². The lowest BCUT2D eigenvalue weighted by atomic mass is 10.1. The highest BCUT2D eigenvalue weighted by Crippen LogP contribution is 2.19. The monoisotopic (exact) mass is 283 g/mol. The van der Waals surface area contributed by atoms with E-state index in [1.54, 1.807) is 30.7 Å². The number of benzene rings is 1. The lowest BCUT2D eigenvalue weighted by Crippen LogP contribution is -2.05. The summed E-state index contributed by atoms with van der Waals surface area (Å²) in [6, 6.07) is 7.06. The van der Waals surface area contributed by atoms with Crippen molar-refractivity contribution in [1.82, 2.24) is 25.1 Å². The van der Waals surface area contributed by atoms with Crippen molar-refractivity contribution in [3.05, 3.63) is 54.7 Å². The highest BCUT2D eigenvalue weighted by molar-refractivity contribution is 5.84.